The highest BCUT2D eigenvalue weighted by Crippen LogP contribution is 2.37. The van der Waals surface area contributed by atoms with Crippen LogP contribution in [-0.4, -0.2) is 56.2 Å². The van der Waals surface area contributed by atoms with E-state index >= 15 is 0 Å². The van der Waals surface area contributed by atoms with Crippen LogP contribution in [0.15, 0.2) is 41.0 Å². The summed E-state index contributed by atoms with van der Waals surface area (Å²) in [6.45, 7) is 0.365. The van der Waals surface area contributed by atoms with Crippen molar-refractivity contribution in [3.8, 4) is 5.75 Å². The summed E-state index contributed by atoms with van der Waals surface area (Å²) in [6.07, 6.45) is 1.78. The smallest absolute Gasteiger partial charge is 0.150 e. The van der Waals surface area contributed by atoms with Gasteiger partial charge < -0.3 is 19.9 Å². The van der Waals surface area contributed by atoms with Crippen molar-refractivity contribution in [2.45, 2.75) is 32.5 Å². The van der Waals surface area contributed by atoms with E-state index in [2.05, 4.69) is 19.6 Å². The Labute approximate surface area is 202 Å². The van der Waals surface area contributed by atoms with Crippen molar-refractivity contribution in [3.05, 3.63) is 47.5 Å². The summed E-state index contributed by atoms with van der Waals surface area (Å²) in [5, 5.41) is 14.0. The second-order valence-corrected chi connectivity index (χ2v) is 11.0. The number of rotatable bonds is 5. The molecule has 2 atom stereocenters. The van der Waals surface area contributed by atoms with Crippen LogP contribution in [0, 0.1) is 5.82 Å². The van der Waals surface area contributed by atoms with Crippen molar-refractivity contribution in [1.82, 2.24) is 9.97 Å². The summed E-state index contributed by atoms with van der Waals surface area (Å²) in [5.74, 6) is 1.29. The van der Waals surface area contributed by atoms with E-state index in [9.17, 15) is 13.7 Å². The highest BCUT2D eigenvalue weighted by Gasteiger charge is 2.29. The molecule has 5 rings (SSSR count). The molecule has 0 bridgehead atoms. The summed E-state index contributed by atoms with van der Waals surface area (Å²) < 4.78 is 42.2. The maximum Gasteiger partial charge on any atom is 0.150 e. The highest BCUT2D eigenvalue weighted by atomic mass is 35.5. The number of halogens is 2. The second-order valence-electron chi connectivity index (χ2n) is 8.05. The minimum Gasteiger partial charge on any atom is -0.483 e. The monoisotopic (exact) mass is 508 g/mol. The lowest BCUT2D eigenvalue weighted by atomic mass is 10.2. The number of nitrogens with zero attached hydrogens (tertiary/aromatic N) is 3. The van der Waals surface area contributed by atoms with Crippen LogP contribution >= 0.6 is 11.6 Å². The third-order valence-electron chi connectivity index (χ3n) is 5.60. The first-order valence-electron chi connectivity index (χ1n) is 10.6. The Balaban J connectivity index is 0.00000274. The molecule has 2 aromatic carbocycles. The van der Waals surface area contributed by atoms with Gasteiger partial charge in [-0.05, 0) is 37.1 Å². The lowest BCUT2D eigenvalue weighted by Gasteiger charge is -2.19. The van der Waals surface area contributed by atoms with E-state index in [-0.39, 0.29) is 26.4 Å². The Morgan fingerprint density at radius 3 is 2.74 bits per heavy atom. The third-order valence-corrected chi connectivity index (χ3v) is 8.29. The topological polar surface area (TPSA) is 106 Å². The predicted octanol–water partition coefficient (Wildman–Crippen LogP) is 4.83. The molecule has 2 N–H and O–H groups in total. The van der Waals surface area contributed by atoms with Gasteiger partial charge >= 0.3 is 0 Å². The molecule has 1 aromatic heterocycles. The Morgan fingerprint density at radius 1 is 1.21 bits per heavy atom. The number of hydrogen-bond acceptors (Lipinski definition) is 8. The number of anilines is 2. The molecule has 2 aliphatic rings. The average molecular weight is 509 g/mol. The van der Waals surface area contributed by atoms with Crippen molar-refractivity contribution in [1.29, 1.82) is 0 Å². The number of fused-ring (bicyclic) bond motifs is 1. The summed E-state index contributed by atoms with van der Waals surface area (Å²) >= 11 is 6.57. The van der Waals surface area contributed by atoms with Gasteiger partial charge in [0.1, 0.15) is 29.8 Å². The van der Waals surface area contributed by atoms with E-state index in [0.717, 1.165) is 12.8 Å². The number of aliphatic hydroxyl groups excluding tert-OH is 1. The first-order chi connectivity index (χ1) is 15.9. The molecule has 0 unspecified atom stereocenters. The molecule has 11 heteroatoms. The predicted molar refractivity (Wildman–Crippen MR) is 131 cm³/mol. The molecule has 0 aliphatic carbocycles. The molecular formula is C23H26ClFN4O4S. The Kier molecular flexibility index (Phi) is 7.22. The molecule has 2 saturated heterocycles. The Morgan fingerprint density at radius 2 is 2.00 bits per heavy atom. The van der Waals surface area contributed by atoms with Gasteiger partial charge in [0.15, 0.2) is 6.10 Å². The number of hydrogen-bond donors (Lipinski definition) is 2. The molecule has 3 aromatic rings. The van der Waals surface area contributed by atoms with Crippen LogP contribution in [0.4, 0.5) is 21.6 Å². The van der Waals surface area contributed by atoms with Crippen LogP contribution in [0.1, 0.15) is 20.3 Å². The first-order valence-corrected chi connectivity index (χ1v) is 12.8. The van der Waals surface area contributed by atoms with E-state index in [4.69, 9.17) is 21.1 Å². The van der Waals surface area contributed by atoms with E-state index in [1.165, 1.54) is 24.5 Å². The summed E-state index contributed by atoms with van der Waals surface area (Å²) in [5.41, 5.74) is 1.49. The summed E-state index contributed by atoms with van der Waals surface area (Å²) in [7, 11) is -2.25. The van der Waals surface area contributed by atoms with Gasteiger partial charge in [-0.1, -0.05) is 19.0 Å². The molecule has 0 amide bonds. The van der Waals surface area contributed by atoms with Gasteiger partial charge in [0, 0.05) is 17.6 Å². The Bertz CT molecular complexity index is 1320. The zero-order chi connectivity index (χ0) is 23.0. The van der Waals surface area contributed by atoms with Crippen LogP contribution in [-0.2, 0) is 14.5 Å². The third kappa shape index (κ3) is 5.10. The standard InChI is InChI=1S/C22H22ClFN4O4S.CH4/c23-15-8-14(28-33(30)5-1-2-6-33)9-17-21(15)22(26-12-25-17)27-16-4-3-13(24)7-19(16)32-20-11-31-10-18(20)29;/h3-4,7-9,12,18,20,29H,1-2,5-6,10-11H2,(H,25,26,27);1H4/t18-,20+;/m1./s1. The largest absolute Gasteiger partial charge is 0.483 e. The van der Waals surface area contributed by atoms with Crippen LogP contribution in [0.5, 0.6) is 5.75 Å². The summed E-state index contributed by atoms with van der Waals surface area (Å²) in [4.78, 5) is 8.61. The van der Waals surface area contributed by atoms with Gasteiger partial charge in [-0.15, -0.1) is 0 Å². The minimum atomic E-state index is -2.25. The van der Waals surface area contributed by atoms with E-state index < -0.39 is 27.8 Å². The quantitative estimate of drug-likeness (QED) is 0.508. The fourth-order valence-corrected chi connectivity index (χ4v) is 6.42. The van der Waals surface area contributed by atoms with Gasteiger partial charge in [-0.2, -0.15) is 4.36 Å². The van der Waals surface area contributed by atoms with Gasteiger partial charge in [-0.25, -0.2) is 18.6 Å². The lowest BCUT2D eigenvalue weighted by Crippen LogP contribution is -2.30. The van der Waals surface area contributed by atoms with Gasteiger partial charge in [0.2, 0.25) is 0 Å². The van der Waals surface area contributed by atoms with Crippen LogP contribution in [0.25, 0.3) is 10.9 Å². The zero-order valence-corrected chi connectivity index (χ0v) is 19.1. The fourth-order valence-electron chi connectivity index (χ4n) is 3.94. The van der Waals surface area contributed by atoms with E-state index in [0.29, 0.717) is 44.6 Å². The lowest BCUT2D eigenvalue weighted by molar-refractivity contribution is 0.0736. The number of benzene rings is 2. The molecule has 3 heterocycles. The van der Waals surface area contributed by atoms with Crippen molar-refractivity contribution in [3.63, 3.8) is 0 Å². The molecule has 0 saturated carbocycles. The SMILES string of the molecule is C.O=S1(=Nc2cc(Cl)c3c(Nc4ccc(F)cc4O[C@H]4COC[C@H]4O)ncnc3c2)CCCC1. The molecule has 0 spiro atoms. The van der Waals surface area contributed by atoms with E-state index in [1.807, 2.05) is 0 Å². The minimum absolute atomic E-state index is 0. The first kappa shape index (κ1) is 24.6. The maximum atomic E-state index is 13.9. The van der Waals surface area contributed by atoms with Crippen molar-refractivity contribution >= 4 is 49.4 Å². The van der Waals surface area contributed by atoms with Crippen molar-refractivity contribution in [2.24, 2.45) is 4.36 Å². The van der Waals surface area contributed by atoms with Crippen LogP contribution in [0.3, 0.4) is 0 Å². The molecule has 34 heavy (non-hydrogen) atoms. The number of nitrogens with one attached hydrogen (secondary N) is 1. The molecular weight excluding hydrogens is 483 g/mol. The van der Waals surface area contributed by atoms with E-state index in [1.54, 1.807) is 12.1 Å². The zero-order valence-electron chi connectivity index (χ0n) is 17.5. The molecule has 2 fully saturated rings. The second kappa shape index (κ2) is 9.99. The Hall–Kier alpha value is -2.53. The highest BCUT2D eigenvalue weighted by molar-refractivity contribution is 7.93. The van der Waals surface area contributed by atoms with Crippen molar-refractivity contribution < 1.29 is 23.2 Å². The number of aromatic nitrogens is 2. The van der Waals surface area contributed by atoms with Crippen molar-refractivity contribution in [2.75, 3.05) is 30.0 Å². The number of aliphatic hydroxyl groups is 1. The van der Waals surface area contributed by atoms with Gasteiger partial charge in [-0.3, -0.25) is 0 Å². The van der Waals surface area contributed by atoms with Crippen LogP contribution in [0.2, 0.25) is 5.02 Å². The fraction of sp³-hybridized carbons (Fsp3) is 0.391. The average Bonchev–Trinajstić information content (AvgIpc) is 3.38. The number of ether oxygens (including phenoxy) is 2. The van der Waals surface area contributed by atoms with Gasteiger partial charge in [0.25, 0.3) is 0 Å². The molecule has 8 nitrogen and oxygen atoms in total. The molecule has 182 valence electrons. The van der Waals surface area contributed by atoms with Crippen LogP contribution < -0.4 is 10.1 Å². The molecule has 0 radical (unpaired) electrons. The summed E-state index contributed by atoms with van der Waals surface area (Å²) in [6, 6.07) is 7.41. The van der Waals surface area contributed by atoms with Gasteiger partial charge in [0.05, 0.1) is 50.2 Å². The maximum absolute atomic E-state index is 13.9. The molecule has 2 aliphatic heterocycles. The normalized spacial score (nSPS) is 21.3.